The van der Waals surface area contributed by atoms with E-state index in [0.29, 0.717) is 6.54 Å². The first-order valence-corrected chi connectivity index (χ1v) is 12.6. The molecule has 2 aromatic carbocycles. The molecule has 2 aromatic heterocycles. The number of nitrogens with zero attached hydrogens (tertiary/aromatic N) is 1. The monoisotopic (exact) mass is 451 g/mol. The van der Waals surface area contributed by atoms with Crippen molar-refractivity contribution in [1.29, 1.82) is 0 Å². The Labute approximate surface area is 187 Å². The molecule has 7 heteroatoms. The fraction of sp³-hybridized carbons (Fsp3) is 0.208. The van der Waals surface area contributed by atoms with Gasteiger partial charge in [0.05, 0.1) is 4.90 Å². The highest BCUT2D eigenvalue weighted by atomic mass is 32.2. The first-order valence-electron chi connectivity index (χ1n) is 10.2. The van der Waals surface area contributed by atoms with Gasteiger partial charge in [0.1, 0.15) is 0 Å². The van der Waals surface area contributed by atoms with E-state index in [2.05, 4.69) is 27.2 Å². The first kappa shape index (κ1) is 21.6. The lowest BCUT2D eigenvalue weighted by molar-refractivity contribution is 0.537. The Kier molecular flexibility index (Phi) is 6.77. The van der Waals surface area contributed by atoms with Crippen LogP contribution in [0.1, 0.15) is 12.5 Å². The molecule has 0 amide bonds. The van der Waals surface area contributed by atoms with E-state index in [1.54, 1.807) is 35.9 Å². The molecular weight excluding hydrogens is 426 g/mol. The van der Waals surface area contributed by atoms with Gasteiger partial charge in [-0.05, 0) is 65.4 Å². The molecule has 0 radical (unpaired) electrons. The smallest absolute Gasteiger partial charge is 0.240 e. The second kappa shape index (κ2) is 9.70. The molecule has 160 valence electrons. The zero-order chi connectivity index (χ0) is 21.7. The number of rotatable bonds is 9. The van der Waals surface area contributed by atoms with E-state index in [9.17, 15) is 8.42 Å². The normalized spacial score (nSPS) is 12.8. The summed E-state index contributed by atoms with van der Waals surface area (Å²) in [6.07, 6.45) is 4.45. The number of hydrogen-bond donors (Lipinski definition) is 2. The van der Waals surface area contributed by atoms with Crippen molar-refractivity contribution in [2.75, 3.05) is 13.1 Å². The van der Waals surface area contributed by atoms with E-state index in [1.165, 1.54) is 5.56 Å². The average molecular weight is 452 g/mol. The Morgan fingerprint density at radius 2 is 1.90 bits per heavy atom. The maximum atomic E-state index is 13.0. The van der Waals surface area contributed by atoms with Gasteiger partial charge in [0.25, 0.3) is 0 Å². The van der Waals surface area contributed by atoms with Gasteiger partial charge in [0, 0.05) is 35.9 Å². The van der Waals surface area contributed by atoms with Crippen molar-refractivity contribution in [2.45, 2.75) is 24.3 Å². The summed E-state index contributed by atoms with van der Waals surface area (Å²) in [5.74, 6) is 0. The zero-order valence-corrected chi connectivity index (χ0v) is 18.9. The Hall–Kier alpha value is -2.58. The molecule has 0 saturated heterocycles. The van der Waals surface area contributed by atoms with Crippen LogP contribution in [0.4, 0.5) is 0 Å². The lowest BCUT2D eigenvalue weighted by Gasteiger charge is -2.16. The van der Waals surface area contributed by atoms with Crippen molar-refractivity contribution in [3.63, 3.8) is 0 Å². The van der Waals surface area contributed by atoms with Gasteiger partial charge in [-0.25, -0.2) is 13.1 Å². The van der Waals surface area contributed by atoms with Gasteiger partial charge in [-0.3, -0.25) is 4.98 Å². The maximum absolute atomic E-state index is 13.0. The number of pyridine rings is 1. The highest BCUT2D eigenvalue weighted by Gasteiger charge is 2.18. The van der Waals surface area contributed by atoms with E-state index in [1.807, 2.05) is 48.0 Å². The van der Waals surface area contributed by atoms with Crippen molar-refractivity contribution < 1.29 is 8.42 Å². The summed E-state index contributed by atoms with van der Waals surface area (Å²) in [4.78, 5) is 4.57. The van der Waals surface area contributed by atoms with Crippen molar-refractivity contribution in [3.8, 4) is 11.1 Å². The predicted molar refractivity (Wildman–Crippen MR) is 128 cm³/mol. The minimum absolute atomic E-state index is 0.231. The Balaban J connectivity index is 1.43. The number of thiophene rings is 1. The molecule has 0 bridgehead atoms. The van der Waals surface area contributed by atoms with E-state index in [0.717, 1.165) is 34.9 Å². The number of benzene rings is 2. The molecule has 0 aliphatic carbocycles. The summed E-state index contributed by atoms with van der Waals surface area (Å²) in [5.41, 5.74) is 3.24. The molecule has 0 saturated carbocycles. The van der Waals surface area contributed by atoms with Crippen molar-refractivity contribution >= 4 is 32.1 Å². The number of aromatic nitrogens is 1. The molecule has 0 aliphatic heterocycles. The summed E-state index contributed by atoms with van der Waals surface area (Å²) in [5, 5.41) is 9.17. The predicted octanol–water partition coefficient (Wildman–Crippen LogP) is 4.46. The zero-order valence-electron chi connectivity index (χ0n) is 17.3. The minimum Gasteiger partial charge on any atom is -0.315 e. The van der Waals surface area contributed by atoms with Gasteiger partial charge in [-0.2, -0.15) is 11.3 Å². The van der Waals surface area contributed by atoms with Crippen LogP contribution in [0.2, 0.25) is 0 Å². The number of hydrogen-bond acceptors (Lipinski definition) is 5. The van der Waals surface area contributed by atoms with Crippen LogP contribution in [0, 0.1) is 0 Å². The molecule has 0 spiro atoms. The van der Waals surface area contributed by atoms with Crippen molar-refractivity contribution in [2.24, 2.45) is 0 Å². The standard InChI is InChI=1S/C24H25N3O2S2/c1-18(14-25-11-9-19-5-3-2-4-6-19)27-31(28,29)22-8-7-20-15-26-16-24(23(20)13-22)21-10-12-30-17-21/h2-8,10,12-13,15-18,25,27H,9,11,14H2,1H3. The van der Waals surface area contributed by atoms with Gasteiger partial charge in [0.15, 0.2) is 0 Å². The number of nitrogens with one attached hydrogen (secondary N) is 2. The van der Waals surface area contributed by atoms with Crippen LogP contribution in [0.15, 0.2) is 82.6 Å². The summed E-state index contributed by atoms with van der Waals surface area (Å²) >= 11 is 1.60. The Morgan fingerprint density at radius 1 is 1.06 bits per heavy atom. The molecule has 1 unspecified atom stereocenters. The van der Waals surface area contributed by atoms with Crippen molar-refractivity contribution in [1.82, 2.24) is 15.0 Å². The number of fused-ring (bicyclic) bond motifs is 1. The molecule has 5 nitrogen and oxygen atoms in total. The van der Waals surface area contributed by atoms with E-state index < -0.39 is 10.0 Å². The van der Waals surface area contributed by atoms with Gasteiger partial charge in [0.2, 0.25) is 10.0 Å². The van der Waals surface area contributed by atoms with Crippen LogP contribution in [-0.4, -0.2) is 32.5 Å². The molecule has 4 rings (SSSR count). The molecule has 4 aromatic rings. The van der Waals surface area contributed by atoms with Gasteiger partial charge >= 0.3 is 0 Å². The molecule has 2 heterocycles. The van der Waals surface area contributed by atoms with Crippen LogP contribution in [0.5, 0.6) is 0 Å². The third kappa shape index (κ3) is 5.37. The molecular formula is C24H25N3O2S2. The van der Waals surface area contributed by atoms with E-state index in [4.69, 9.17) is 0 Å². The topological polar surface area (TPSA) is 71.1 Å². The first-order chi connectivity index (χ1) is 15.0. The maximum Gasteiger partial charge on any atom is 0.240 e. The molecule has 0 aliphatic rings. The third-order valence-electron chi connectivity index (χ3n) is 5.11. The van der Waals surface area contributed by atoms with Crippen molar-refractivity contribution in [3.05, 3.63) is 83.3 Å². The summed E-state index contributed by atoms with van der Waals surface area (Å²) in [7, 11) is -3.63. The molecule has 1 atom stereocenters. The van der Waals surface area contributed by atoms with Gasteiger partial charge in [-0.1, -0.05) is 36.4 Å². The lowest BCUT2D eigenvalue weighted by Crippen LogP contribution is -2.40. The fourth-order valence-corrected chi connectivity index (χ4v) is 5.45. The SMILES string of the molecule is CC(CNCCc1ccccc1)NS(=O)(=O)c1ccc2cncc(-c3ccsc3)c2c1. The van der Waals surface area contributed by atoms with E-state index >= 15 is 0 Å². The minimum atomic E-state index is -3.63. The quantitative estimate of drug-likeness (QED) is 0.369. The Bertz CT molecular complexity index is 1240. The number of sulfonamides is 1. The second-order valence-electron chi connectivity index (χ2n) is 7.54. The highest BCUT2D eigenvalue weighted by Crippen LogP contribution is 2.30. The highest BCUT2D eigenvalue weighted by molar-refractivity contribution is 7.89. The fourth-order valence-electron chi connectivity index (χ4n) is 3.53. The van der Waals surface area contributed by atoms with Crippen LogP contribution < -0.4 is 10.0 Å². The summed E-state index contributed by atoms with van der Waals surface area (Å²) in [6.45, 7) is 3.22. The van der Waals surface area contributed by atoms with Gasteiger partial charge < -0.3 is 5.32 Å². The van der Waals surface area contributed by atoms with Crippen LogP contribution in [0.3, 0.4) is 0 Å². The lowest BCUT2D eigenvalue weighted by atomic mass is 10.0. The second-order valence-corrected chi connectivity index (χ2v) is 10.0. The molecule has 0 fully saturated rings. The molecule has 2 N–H and O–H groups in total. The van der Waals surface area contributed by atoms with Crippen LogP contribution in [0.25, 0.3) is 21.9 Å². The van der Waals surface area contributed by atoms with Gasteiger partial charge in [-0.15, -0.1) is 0 Å². The summed E-state index contributed by atoms with van der Waals surface area (Å²) in [6, 6.07) is 17.2. The largest absolute Gasteiger partial charge is 0.315 e. The average Bonchev–Trinajstić information content (AvgIpc) is 3.31. The van der Waals surface area contributed by atoms with E-state index in [-0.39, 0.29) is 10.9 Å². The third-order valence-corrected chi connectivity index (χ3v) is 7.39. The van der Waals surface area contributed by atoms with Crippen LogP contribution in [-0.2, 0) is 16.4 Å². The molecule has 31 heavy (non-hydrogen) atoms. The van der Waals surface area contributed by atoms with Crippen LogP contribution >= 0.6 is 11.3 Å². The summed E-state index contributed by atoms with van der Waals surface area (Å²) < 4.78 is 28.8. The Morgan fingerprint density at radius 3 is 2.68 bits per heavy atom.